The topological polar surface area (TPSA) is 70.2 Å². The Morgan fingerprint density at radius 1 is 1.00 bits per heavy atom. The van der Waals surface area contributed by atoms with Crippen molar-refractivity contribution in [3.8, 4) is 0 Å². The quantitative estimate of drug-likeness (QED) is 0.443. The highest BCUT2D eigenvalue weighted by atomic mass is 32.1. The van der Waals surface area contributed by atoms with E-state index in [0.717, 1.165) is 30.0 Å². The molecule has 0 aromatic heterocycles. The Bertz CT molecular complexity index is 741. The van der Waals surface area contributed by atoms with Gasteiger partial charge in [-0.25, -0.2) is 0 Å². The highest BCUT2D eigenvalue weighted by molar-refractivity contribution is 7.80. The molecule has 2 amide bonds. The molecule has 0 unspecified atom stereocenters. The van der Waals surface area contributed by atoms with Gasteiger partial charge in [0.05, 0.1) is 0 Å². The Labute approximate surface area is 146 Å². The zero-order valence-electron chi connectivity index (χ0n) is 13.6. The van der Waals surface area contributed by atoms with Crippen LogP contribution >= 0.6 is 12.2 Å². The molecule has 2 rings (SSSR count). The van der Waals surface area contributed by atoms with Crippen molar-refractivity contribution in [2.75, 3.05) is 0 Å². The monoisotopic (exact) mass is 343 g/mol. The standard InChI is InChI=1S/C18H21N3O2S/c1-2-3-4-12-16(22)19-18(24)21-20-17(23)15-11-7-9-13-8-5-6-10-14(13)15/h5-11H,2-4,12H2,1H3,(H,20,23)(H2,19,21,22,24). The van der Waals surface area contributed by atoms with Crippen molar-refractivity contribution in [1.29, 1.82) is 0 Å². The molecule has 0 aliphatic carbocycles. The Balaban J connectivity index is 1.88. The van der Waals surface area contributed by atoms with Crippen LogP contribution < -0.4 is 16.2 Å². The number of benzene rings is 2. The van der Waals surface area contributed by atoms with Gasteiger partial charge >= 0.3 is 0 Å². The van der Waals surface area contributed by atoms with Crippen LogP contribution in [0.15, 0.2) is 42.5 Å². The number of hydrogen-bond donors (Lipinski definition) is 3. The predicted molar refractivity (Wildman–Crippen MR) is 99.4 cm³/mol. The maximum atomic E-state index is 12.3. The van der Waals surface area contributed by atoms with E-state index in [1.165, 1.54) is 0 Å². The van der Waals surface area contributed by atoms with Crippen molar-refractivity contribution in [2.24, 2.45) is 0 Å². The molecule has 0 fully saturated rings. The zero-order valence-corrected chi connectivity index (χ0v) is 14.4. The summed E-state index contributed by atoms with van der Waals surface area (Å²) in [5.74, 6) is -0.463. The normalized spacial score (nSPS) is 10.2. The molecule has 2 aromatic rings. The minimum atomic E-state index is -0.311. The minimum absolute atomic E-state index is 0.0880. The lowest BCUT2D eigenvalue weighted by atomic mass is 10.0. The lowest BCUT2D eigenvalue weighted by molar-refractivity contribution is -0.119. The molecule has 6 heteroatoms. The third kappa shape index (κ3) is 5.03. The van der Waals surface area contributed by atoms with E-state index in [-0.39, 0.29) is 16.9 Å². The van der Waals surface area contributed by atoms with Crippen molar-refractivity contribution < 1.29 is 9.59 Å². The molecule has 126 valence electrons. The third-order valence-corrected chi connectivity index (χ3v) is 3.79. The summed E-state index contributed by atoms with van der Waals surface area (Å²) >= 11 is 5.02. The van der Waals surface area contributed by atoms with Crippen molar-refractivity contribution >= 4 is 39.9 Å². The second kappa shape index (κ2) is 8.98. The molecule has 3 N–H and O–H groups in total. The van der Waals surface area contributed by atoms with Crippen LogP contribution in [0.25, 0.3) is 10.8 Å². The number of nitrogens with one attached hydrogen (secondary N) is 3. The molecule has 0 heterocycles. The van der Waals surface area contributed by atoms with Crippen molar-refractivity contribution in [2.45, 2.75) is 32.6 Å². The van der Waals surface area contributed by atoms with Crippen LogP contribution in [0.1, 0.15) is 43.0 Å². The minimum Gasteiger partial charge on any atom is -0.302 e. The van der Waals surface area contributed by atoms with Gasteiger partial charge in [0, 0.05) is 12.0 Å². The first-order chi connectivity index (χ1) is 11.6. The van der Waals surface area contributed by atoms with E-state index in [9.17, 15) is 9.59 Å². The summed E-state index contributed by atoms with van der Waals surface area (Å²) in [4.78, 5) is 24.0. The maximum Gasteiger partial charge on any atom is 0.270 e. The number of hydrazine groups is 1. The molecule has 0 radical (unpaired) electrons. The van der Waals surface area contributed by atoms with Gasteiger partial charge in [0.1, 0.15) is 0 Å². The highest BCUT2D eigenvalue weighted by Gasteiger charge is 2.10. The van der Waals surface area contributed by atoms with E-state index in [1.807, 2.05) is 36.4 Å². The van der Waals surface area contributed by atoms with Crippen molar-refractivity contribution in [1.82, 2.24) is 16.2 Å². The van der Waals surface area contributed by atoms with Gasteiger partial charge in [-0.2, -0.15) is 0 Å². The molecule has 0 bridgehead atoms. The van der Waals surface area contributed by atoms with E-state index < -0.39 is 0 Å². The average molecular weight is 343 g/mol. The second-order valence-electron chi connectivity index (χ2n) is 5.44. The Morgan fingerprint density at radius 3 is 2.54 bits per heavy atom. The largest absolute Gasteiger partial charge is 0.302 e. The number of fused-ring (bicyclic) bond motifs is 1. The van der Waals surface area contributed by atoms with Crippen LogP contribution in [0.5, 0.6) is 0 Å². The first-order valence-corrected chi connectivity index (χ1v) is 8.40. The van der Waals surface area contributed by atoms with Crippen LogP contribution in [-0.2, 0) is 4.79 Å². The van der Waals surface area contributed by atoms with Gasteiger partial charge in [-0.05, 0) is 35.5 Å². The summed E-state index contributed by atoms with van der Waals surface area (Å²) in [7, 11) is 0. The predicted octanol–water partition coefficient (Wildman–Crippen LogP) is 3.06. The zero-order chi connectivity index (χ0) is 17.4. The molecule has 0 saturated carbocycles. The SMILES string of the molecule is CCCCCC(=O)NC(=S)NNC(=O)c1cccc2ccccc12. The fraction of sp³-hybridized carbons (Fsp3) is 0.278. The molecule has 24 heavy (non-hydrogen) atoms. The van der Waals surface area contributed by atoms with Gasteiger partial charge in [-0.15, -0.1) is 0 Å². The third-order valence-electron chi connectivity index (χ3n) is 3.58. The van der Waals surface area contributed by atoms with Gasteiger partial charge < -0.3 is 5.32 Å². The van der Waals surface area contributed by atoms with Crippen LogP contribution in [0.3, 0.4) is 0 Å². The molecule has 0 aliphatic heterocycles. The highest BCUT2D eigenvalue weighted by Crippen LogP contribution is 2.17. The molecule has 0 spiro atoms. The number of carbonyl (C=O) groups excluding carboxylic acids is 2. The first-order valence-electron chi connectivity index (χ1n) is 7.99. The lowest BCUT2D eigenvalue weighted by Gasteiger charge is -2.12. The molecule has 0 aliphatic rings. The van der Waals surface area contributed by atoms with Crippen LogP contribution in [-0.4, -0.2) is 16.9 Å². The summed E-state index contributed by atoms with van der Waals surface area (Å²) in [6, 6.07) is 13.1. The Morgan fingerprint density at radius 2 is 1.75 bits per heavy atom. The van der Waals surface area contributed by atoms with Gasteiger partial charge in [0.25, 0.3) is 5.91 Å². The number of amides is 2. The summed E-state index contributed by atoms with van der Waals surface area (Å²) in [6.45, 7) is 2.08. The summed E-state index contributed by atoms with van der Waals surface area (Å²) in [5.41, 5.74) is 5.63. The van der Waals surface area contributed by atoms with Crippen LogP contribution in [0.4, 0.5) is 0 Å². The maximum absolute atomic E-state index is 12.3. The second-order valence-corrected chi connectivity index (χ2v) is 5.85. The Hall–Kier alpha value is -2.47. The first kappa shape index (κ1) is 17.9. The van der Waals surface area contributed by atoms with Crippen LogP contribution in [0.2, 0.25) is 0 Å². The Kier molecular flexibility index (Phi) is 6.69. The molecule has 2 aromatic carbocycles. The van der Waals surface area contributed by atoms with E-state index in [4.69, 9.17) is 12.2 Å². The molecule has 5 nitrogen and oxygen atoms in total. The van der Waals surface area contributed by atoms with Gasteiger partial charge in [0.2, 0.25) is 5.91 Å². The van der Waals surface area contributed by atoms with Crippen molar-refractivity contribution in [3.05, 3.63) is 48.0 Å². The number of unbranched alkanes of at least 4 members (excludes halogenated alkanes) is 2. The smallest absolute Gasteiger partial charge is 0.270 e. The fourth-order valence-corrected chi connectivity index (χ4v) is 2.53. The van der Waals surface area contributed by atoms with E-state index in [0.29, 0.717) is 12.0 Å². The lowest BCUT2D eigenvalue weighted by Crippen LogP contribution is -2.48. The number of carbonyl (C=O) groups is 2. The van der Waals surface area contributed by atoms with Gasteiger partial charge in [-0.3, -0.25) is 20.4 Å². The number of hydrogen-bond acceptors (Lipinski definition) is 3. The summed E-state index contributed by atoms with van der Waals surface area (Å²) in [5, 5.41) is 4.48. The van der Waals surface area contributed by atoms with Gasteiger partial charge in [0.15, 0.2) is 5.11 Å². The van der Waals surface area contributed by atoms with Crippen molar-refractivity contribution in [3.63, 3.8) is 0 Å². The summed E-state index contributed by atoms with van der Waals surface area (Å²) < 4.78 is 0. The summed E-state index contributed by atoms with van der Waals surface area (Å²) in [6.07, 6.45) is 3.31. The average Bonchev–Trinajstić information content (AvgIpc) is 2.59. The fourth-order valence-electron chi connectivity index (χ4n) is 2.36. The van der Waals surface area contributed by atoms with E-state index in [1.54, 1.807) is 6.07 Å². The van der Waals surface area contributed by atoms with E-state index in [2.05, 4.69) is 23.1 Å². The number of rotatable bonds is 5. The molecule has 0 atom stereocenters. The van der Waals surface area contributed by atoms with E-state index >= 15 is 0 Å². The molecular weight excluding hydrogens is 322 g/mol. The van der Waals surface area contributed by atoms with Crippen LogP contribution in [0, 0.1) is 0 Å². The number of thiocarbonyl (C=S) groups is 1. The molecular formula is C18H21N3O2S. The molecule has 0 saturated heterocycles. The van der Waals surface area contributed by atoms with Gasteiger partial charge in [-0.1, -0.05) is 56.2 Å².